The zero-order valence-corrected chi connectivity index (χ0v) is 14.3. The SMILES string of the molecule is CNC(=O)[C@H]1CC[C@@H]1NC(=O)[C@H]1CC[C@@H]1NC(=O)OC(C)(C)C. The van der Waals surface area contributed by atoms with Crippen molar-refractivity contribution in [2.75, 3.05) is 7.05 Å². The van der Waals surface area contributed by atoms with E-state index in [1.807, 2.05) is 0 Å². The summed E-state index contributed by atoms with van der Waals surface area (Å²) in [6.07, 6.45) is 2.63. The average Bonchev–Trinajstić information content (AvgIpc) is 2.37. The zero-order valence-electron chi connectivity index (χ0n) is 14.3. The van der Waals surface area contributed by atoms with Gasteiger partial charge in [0.25, 0.3) is 0 Å². The Bertz CT molecular complexity index is 486. The first-order valence-corrected chi connectivity index (χ1v) is 8.22. The minimum Gasteiger partial charge on any atom is -0.444 e. The van der Waals surface area contributed by atoms with Gasteiger partial charge in [0.15, 0.2) is 0 Å². The minimum atomic E-state index is -0.557. The van der Waals surface area contributed by atoms with Gasteiger partial charge in [0.2, 0.25) is 11.8 Å². The number of nitrogens with one attached hydrogen (secondary N) is 3. The Morgan fingerprint density at radius 3 is 1.83 bits per heavy atom. The van der Waals surface area contributed by atoms with Crippen molar-refractivity contribution < 1.29 is 19.1 Å². The Hall–Kier alpha value is -1.79. The van der Waals surface area contributed by atoms with E-state index in [0.29, 0.717) is 0 Å². The first-order chi connectivity index (χ1) is 10.7. The van der Waals surface area contributed by atoms with Crippen molar-refractivity contribution in [2.24, 2.45) is 11.8 Å². The van der Waals surface area contributed by atoms with Crippen LogP contribution in [0.15, 0.2) is 0 Å². The van der Waals surface area contributed by atoms with Gasteiger partial charge in [-0.1, -0.05) is 0 Å². The summed E-state index contributed by atoms with van der Waals surface area (Å²) in [5.74, 6) is -0.496. The predicted molar refractivity (Wildman–Crippen MR) is 84.6 cm³/mol. The van der Waals surface area contributed by atoms with Crippen LogP contribution in [0.2, 0.25) is 0 Å². The van der Waals surface area contributed by atoms with E-state index in [1.165, 1.54) is 0 Å². The Labute approximate surface area is 136 Å². The van der Waals surface area contributed by atoms with Crippen LogP contribution < -0.4 is 16.0 Å². The molecule has 2 fully saturated rings. The van der Waals surface area contributed by atoms with Crippen LogP contribution in [0, 0.1) is 11.8 Å². The first kappa shape index (κ1) is 17.6. The molecule has 0 heterocycles. The van der Waals surface area contributed by atoms with Crippen molar-refractivity contribution in [1.82, 2.24) is 16.0 Å². The number of hydrogen-bond acceptors (Lipinski definition) is 4. The predicted octanol–water partition coefficient (Wildman–Crippen LogP) is 0.930. The van der Waals surface area contributed by atoms with Gasteiger partial charge in [0.05, 0.1) is 11.8 Å². The largest absolute Gasteiger partial charge is 0.444 e. The molecule has 3 N–H and O–H groups in total. The molecule has 0 aromatic rings. The van der Waals surface area contributed by atoms with Gasteiger partial charge in [-0.25, -0.2) is 4.79 Å². The molecule has 0 radical (unpaired) electrons. The molecule has 130 valence electrons. The number of amides is 3. The molecule has 2 saturated carbocycles. The molecule has 0 aromatic heterocycles. The highest BCUT2D eigenvalue weighted by Gasteiger charge is 2.42. The molecule has 0 spiro atoms. The lowest BCUT2D eigenvalue weighted by molar-refractivity contribution is -0.133. The van der Waals surface area contributed by atoms with Crippen molar-refractivity contribution >= 4 is 17.9 Å². The third-order valence-corrected chi connectivity index (χ3v) is 4.50. The lowest BCUT2D eigenvalue weighted by Crippen LogP contribution is -2.58. The van der Waals surface area contributed by atoms with Gasteiger partial charge in [-0.15, -0.1) is 0 Å². The number of carbonyl (C=O) groups excluding carboxylic acids is 3. The Morgan fingerprint density at radius 1 is 0.870 bits per heavy atom. The van der Waals surface area contributed by atoms with E-state index in [0.717, 1.165) is 25.7 Å². The number of alkyl carbamates (subject to hydrolysis) is 1. The molecule has 2 aliphatic rings. The van der Waals surface area contributed by atoms with Crippen molar-refractivity contribution in [2.45, 2.75) is 64.1 Å². The van der Waals surface area contributed by atoms with E-state index in [1.54, 1.807) is 27.8 Å². The van der Waals surface area contributed by atoms with Crippen LogP contribution in [-0.2, 0) is 14.3 Å². The third kappa shape index (κ3) is 4.36. The van der Waals surface area contributed by atoms with E-state index < -0.39 is 11.7 Å². The van der Waals surface area contributed by atoms with Crippen molar-refractivity contribution in [3.05, 3.63) is 0 Å². The van der Waals surface area contributed by atoms with Crippen LogP contribution >= 0.6 is 0 Å². The molecular weight excluding hydrogens is 298 g/mol. The van der Waals surface area contributed by atoms with Crippen molar-refractivity contribution in [1.29, 1.82) is 0 Å². The monoisotopic (exact) mass is 325 g/mol. The van der Waals surface area contributed by atoms with Gasteiger partial charge >= 0.3 is 6.09 Å². The highest BCUT2D eigenvalue weighted by molar-refractivity contribution is 5.84. The molecule has 23 heavy (non-hydrogen) atoms. The van der Waals surface area contributed by atoms with E-state index >= 15 is 0 Å². The van der Waals surface area contributed by atoms with Crippen LogP contribution in [0.25, 0.3) is 0 Å². The maximum Gasteiger partial charge on any atom is 0.407 e. The van der Waals surface area contributed by atoms with E-state index in [4.69, 9.17) is 4.74 Å². The first-order valence-electron chi connectivity index (χ1n) is 8.22. The van der Waals surface area contributed by atoms with Gasteiger partial charge in [0, 0.05) is 19.1 Å². The smallest absolute Gasteiger partial charge is 0.407 e. The summed E-state index contributed by atoms with van der Waals surface area (Å²) in [6, 6.07) is -0.284. The number of ether oxygens (including phenoxy) is 1. The van der Waals surface area contributed by atoms with Crippen LogP contribution in [0.4, 0.5) is 4.79 Å². The summed E-state index contributed by atoms with van der Waals surface area (Å²) in [5, 5.41) is 8.32. The van der Waals surface area contributed by atoms with Crippen LogP contribution in [0.5, 0.6) is 0 Å². The van der Waals surface area contributed by atoms with Gasteiger partial charge in [-0.2, -0.15) is 0 Å². The highest BCUT2D eigenvalue weighted by atomic mass is 16.6. The Kier molecular flexibility index (Phi) is 5.16. The second-order valence-corrected chi connectivity index (χ2v) is 7.35. The third-order valence-electron chi connectivity index (χ3n) is 4.50. The zero-order chi connectivity index (χ0) is 17.2. The summed E-state index contributed by atoms with van der Waals surface area (Å²) in [4.78, 5) is 35.8. The average molecular weight is 325 g/mol. The fraction of sp³-hybridized carbons (Fsp3) is 0.812. The standard InChI is InChI=1S/C16H27N3O4/c1-16(2,3)23-15(22)19-12-8-6-10(12)14(21)18-11-7-5-9(11)13(20)17-4/h9-12H,5-8H2,1-4H3,(H,17,20)(H,18,21)(H,19,22)/t9-,10-,11-,12-/m0/s1. The quantitative estimate of drug-likeness (QED) is 0.716. The van der Waals surface area contributed by atoms with Gasteiger partial charge < -0.3 is 20.7 Å². The molecule has 4 atom stereocenters. The Morgan fingerprint density at radius 2 is 1.39 bits per heavy atom. The molecule has 7 nitrogen and oxygen atoms in total. The van der Waals surface area contributed by atoms with Gasteiger partial charge in [0.1, 0.15) is 5.60 Å². The molecule has 0 aromatic carbocycles. The normalized spacial score (nSPS) is 29.6. The maximum atomic E-state index is 12.3. The van der Waals surface area contributed by atoms with Gasteiger partial charge in [-0.05, 0) is 46.5 Å². The van der Waals surface area contributed by atoms with E-state index in [-0.39, 0.29) is 35.7 Å². The summed E-state index contributed by atoms with van der Waals surface area (Å²) in [6.45, 7) is 5.40. The minimum absolute atomic E-state index is 0.0291. The number of rotatable bonds is 4. The molecule has 7 heteroatoms. The lowest BCUT2D eigenvalue weighted by atomic mass is 9.76. The molecular formula is C16H27N3O4. The van der Waals surface area contributed by atoms with Crippen molar-refractivity contribution in [3.8, 4) is 0 Å². The van der Waals surface area contributed by atoms with E-state index in [9.17, 15) is 14.4 Å². The molecule has 3 amide bonds. The molecule has 2 aliphatic carbocycles. The Balaban J connectivity index is 1.79. The molecule has 0 aliphatic heterocycles. The summed E-state index contributed by atoms with van der Waals surface area (Å²) >= 11 is 0. The van der Waals surface area contributed by atoms with E-state index in [2.05, 4.69) is 16.0 Å². The van der Waals surface area contributed by atoms with Crippen LogP contribution in [0.3, 0.4) is 0 Å². The fourth-order valence-electron chi connectivity index (χ4n) is 2.91. The second-order valence-electron chi connectivity index (χ2n) is 7.35. The summed E-state index contributed by atoms with van der Waals surface area (Å²) in [7, 11) is 1.60. The maximum absolute atomic E-state index is 12.3. The van der Waals surface area contributed by atoms with Crippen molar-refractivity contribution in [3.63, 3.8) is 0 Å². The topological polar surface area (TPSA) is 96.5 Å². The molecule has 0 saturated heterocycles. The van der Waals surface area contributed by atoms with Crippen LogP contribution in [0.1, 0.15) is 46.5 Å². The molecule has 2 rings (SSSR count). The summed E-state index contributed by atoms with van der Waals surface area (Å²) in [5.41, 5.74) is -0.557. The molecule has 0 bridgehead atoms. The second kappa shape index (κ2) is 6.76. The fourth-order valence-corrected chi connectivity index (χ4v) is 2.91. The number of hydrogen-bond donors (Lipinski definition) is 3. The summed E-state index contributed by atoms with van der Waals surface area (Å²) < 4.78 is 5.21. The van der Waals surface area contributed by atoms with Gasteiger partial charge in [-0.3, -0.25) is 9.59 Å². The number of carbonyl (C=O) groups is 3. The highest BCUT2D eigenvalue weighted by Crippen LogP contribution is 2.31. The lowest BCUT2D eigenvalue weighted by Gasteiger charge is -2.40. The van der Waals surface area contributed by atoms with Crippen LogP contribution in [-0.4, -0.2) is 42.6 Å². The molecule has 0 unspecified atom stereocenters.